The van der Waals surface area contributed by atoms with Gasteiger partial charge in [0.25, 0.3) is 10.0 Å². The van der Waals surface area contributed by atoms with Crippen LogP contribution in [0.5, 0.6) is 5.75 Å². The van der Waals surface area contributed by atoms with Gasteiger partial charge in [0.1, 0.15) is 29.2 Å². The molecule has 3 aromatic carbocycles. The molecule has 3 N–H and O–H groups in total. The van der Waals surface area contributed by atoms with Gasteiger partial charge in [-0.15, -0.1) is 0 Å². The first-order chi connectivity index (χ1) is 20.1. The molecule has 0 spiro atoms. The lowest BCUT2D eigenvalue weighted by Crippen LogP contribution is -2.28. The number of nitrogens with zero attached hydrogens (tertiary/aromatic N) is 2. The molecule has 1 atom stereocenters. The standard InChI is InChI=1S/C29H27ClF2N4O5S/c1-2-15-9-16(10-17-13-33-29(35-27(15)17)34-19-5-7-40-8-6-19)25-21(31)3-4-22(26(25)32)36-42(38,39)24-12-18(30)11-20-23(37)14-41-28(20)24/h3-4,9-13,19,23,36-37H,2,5-8,14H2,1H3,(H,33,34,35)/t23-/m1/s1. The van der Waals surface area contributed by atoms with E-state index in [2.05, 4.69) is 20.0 Å². The van der Waals surface area contributed by atoms with Crippen LogP contribution in [0.3, 0.4) is 0 Å². The molecule has 0 saturated carbocycles. The normalized spacial score (nSPS) is 17.2. The minimum absolute atomic E-state index is 0.0514. The maximum atomic E-state index is 15.9. The van der Waals surface area contributed by atoms with Gasteiger partial charge in [-0.05, 0) is 66.8 Å². The summed E-state index contributed by atoms with van der Waals surface area (Å²) in [5.74, 6) is -1.58. The number of ether oxygens (including phenoxy) is 2. The Hall–Kier alpha value is -3.58. The predicted molar refractivity (Wildman–Crippen MR) is 154 cm³/mol. The third-order valence-corrected chi connectivity index (χ3v) is 8.99. The van der Waals surface area contributed by atoms with E-state index >= 15 is 8.78 Å². The molecule has 0 amide bonds. The fraction of sp³-hybridized carbons (Fsp3) is 0.310. The highest BCUT2D eigenvalue weighted by atomic mass is 35.5. The lowest BCUT2D eigenvalue weighted by molar-refractivity contribution is 0.0903. The Kier molecular flexibility index (Phi) is 7.64. The molecule has 3 heterocycles. The Bertz CT molecular complexity index is 1800. The van der Waals surface area contributed by atoms with Gasteiger partial charge in [-0.1, -0.05) is 18.5 Å². The Labute approximate surface area is 245 Å². The second-order valence-corrected chi connectivity index (χ2v) is 12.3. The van der Waals surface area contributed by atoms with E-state index in [1.807, 2.05) is 6.92 Å². The van der Waals surface area contributed by atoms with Crippen molar-refractivity contribution in [1.82, 2.24) is 9.97 Å². The predicted octanol–water partition coefficient (Wildman–Crippen LogP) is 5.61. The number of fused-ring (bicyclic) bond motifs is 2. The zero-order chi connectivity index (χ0) is 29.6. The molecule has 1 saturated heterocycles. The van der Waals surface area contributed by atoms with Crippen LogP contribution < -0.4 is 14.8 Å². The summed E-state index contributed by atoms with van der Waals surface area (Å²) in [6.45, 7) is 3.09. The first kappa shape index (κ1) is 28.5. The Morgan fingerprint density at radius 3 is 2.69 bits per heavy atom. The van der Waals surface area contributed by atoms with Crippen molar-refractivity contribution in [1.29, 1.82) is 0 Å². The van der Waals surface area contributed by atoms with E-state index in [0.717, 1.165) is 36.6 Å². The van der Waals surface area contributed by atoms with E-state index in [4.69, 9.17) is 21.1 Å². The summed E-state index contributed by atoms with van der Waals surface area (Å²) in [4.78, 5) is 8.72. The van der Waals surface area contributed by atoms with Crippen LogP contribution in [0.2, 0.25) is 5.02 Å². The minimum Gasteiger partial charge on any atom is -0.489 e. The molecule has 13 heteroatoms. The van der Waals surface area contributed by atoms with E-state index in [1.165, 1.54) is 6.07 Å². The molecule has 0 bridgehead atoms. The molecule has 2 aliphatic rings. The summed E-state index contributed by atoms with van der Waals surface area (Å²) in [5.41, 5.74) is 0.942. The highest BCUT2D eigenvalue weighted by Crippen LogP contribution is 2.41. The van der Waals surface area contributed by atoms with Crippen molar-refractivity contribution < 1.29 is 31.8 Å². The largest absolute Gasteiger partial charge is 0.489 e. The molecule has 220 valence electrons. The van der Waals surface area contributed by atoms with Gasteiger partial charge < -0.3 is 19.9 Å². The molecule has 6 rings (SSSR count). The maximum Gasteiger partial charge on any atom is 0.265 e. The van der Waals surface area contributed by atoms with Gasteiger partial charge in [0.15, 0.2) is 5.82 Å². The smallest absolute Gasteiger partial charge is 0.265 e. The van der Waals surface area contributed by atoms with Crippen LogP contribution in [0, 0.1) is 11.6 Å². The van der Waals surface area contributed by atoms with E-state index in [1.54, 1.807) is 18.3 Å². The highest BCUT2D eigenvalue weighted by Gasteiger charge is 2.32. The highest BCUT2D eigenvalue weighted by molar-refractivity contribution is 7.92. The van der Waals surface area contributed by atoms with Crippen LogP contribution in [0.15, 0.2) is 47.5 Å². The Morgan fingerprint density at radius 1 is 1.14 bits per heavy atom. The second-order valence-electron chi connectivity index (χ2n) is 10.2. The van der Waals surface area contributed by atoms with Crippen LogP contribution >= 0.6 is 11.6 Å². The first-order valence-electron chi connectivity index (χ1n) is 13.4. The number of anilines is 2. The van der Waals surface area contributed by atoms with Crippen molar-refractivity contribution in [2.45, 2.75) is 43.2 Å². The zero-order valence-corrected chi connectivity index (χ0v) is 24.0. The number of aliphatic hydroxyl groups excluding tert-OH is 1. The topological polar surface area (TPSA) is 123 Å². The molecule has 0 aliphatic carbocycles. The quantitative estimate of drug-likeness (QED) is 0.245. The second kappa shape index (κ2) is 11.3. The van der Waals surface area contributed by atoms with Crippen molar-refractivity contribution in [2.75, 3.05) is 29.9 Å². The van der Waals surface area contributed by atoms with Gasteiger partial charge in [-0.3, -0.25) is 4.72 Å². The van der Waals surface area contributed by atoms with Crippen molar-refractivity contribution in [3.05, 3.63) is 70.4 Å². The SMILES string of the molecule is CCc1cc(-c2c(F)ccc(NS(=O)(=O)c3cc(Cl)cc4c3OC[C@H]4O)c2F)cc2cnc(NC3CCOCC3)nc12. The molecule has 4 aromatic rings. The molecule has 2 aliphatic heterocycles. The van der Waals surface area contributed by atoms with Crippen LogP contribution in [-0.4, -0.2) is 49.4 Å². The van der Waals surface area contributed by atoms with Crippen molar-refractivity contribution >= 4 is 44.2 Å². The number of nitrogens with one attached hydrogen (secondary N) is 2. The number of aryl methyl sites for hydroxylation is 1. The minimum atomic E-state index is -4.45. The number of benzene rings is 3. The molecule has 1 fully saturated rings. The fourth-order valence-corrected chi connectivity index (χ4v) is 6.82. The van der Waals surface area contributed by atoms with E-state index in [-0.39, 0.29) is 39.4 Å². The van der Waals surface area contributed by atoms with Gasteiger partial charge in [-0.2, -0.15) is 0 Å². The van der Waals surface area contributed by atoms with Crippen LogP contribution in [-0.2, 0) is 21.2 Å². The number of aliphatic hydroxyl groups is 1. The summed E-state index contributed by atoms with van der Waals surface area (Å²) in [6.07, 6.45) is 2.76. The summed E-state index contributed by atoms with van der Waals surface area (Å²) in [5, 5.41) is 14.1. The number of aromatic nitrogens is 2. The molecule has 42 heavy (non-hydrogen) atoms. The van der Waals surface area contributed by atoms with E-state index < -0.39 is 39.0 Å². The van der Waals surface area contributed by atoms with E-state index in [0.29, 0.717) is 36.5 Å². The summed E-state index contributed by atoms with van der Waals surface area (Å²) >= 11 is 6.09. The summed E-state index contributed by atoms with van der Waals surface area (Å²) in [6, 6.07) is 7.96. The number of sulfonamides is 1. The average molecular weight is 617 g/mol. The van der Waals surface area contributed by atoms with Gasteiger partial charge in [0, 0.05) is 41.4 Å². The molecule has 1 aromatic heterocycles. The van der Waals surface area contributed by atoms with Crippen molar-refractivity contribution in [3.63, 3.8) is 0 Å². The molecular weight excluding hydrogens is 590 g/mol. The third-order valence-electron chi connectivity index (χ3n) is 7.40. The monoisotopic (exact) mass is 616 g/mol. The van der Waals surface area contributed by atoms with Gasteiger partial charge >= 0.3 is 0 Å². The fourth-order valence-electron chi connectivity index (χ4n) is 5.27. The van der Waals surface area contributed by atoms with Crippen LogP contribution in [0.4, 0.5) is 20.4 Å². The number of hydrogen-bond acceptors (Lipinski definition) is 8. The maximum absolute atomic E-state index is 15.9. The first-order valence-corrected chi connectivity index (χ1v) is 15.3. The number of halogens is 3. The van der Waals surface area contributed by atoms with Gasteiger partial charge in [-0.25, -0.2) is 27.2 Å². The van der Waals surface area contributed by atoms with E-state index in [9.17, 15) is 13.5 Å². The summed E-state index contributed by atoms with van der Waals surface area (Å²) in [7, 11) is -4.45. The third kappa shape index (κ3) is 5.35. The Morgan fingerprint density at radius 2 is 1.93 bits per heavy atom. The lowest BCUT2D eigenvalue weighted by atomic mass is 9.97. The molecular formula is C29H27ClF2N4O5S. The summed E-state index contributed by atoms with van der Waals surface area (Å²) < 4.78 is 70.7. The molecule has 0 radical (unpaired) electrons. The van der Waals surface area contributed by atoms with Crippen LogP contribution in [0.1, 0.15) is 37.0 Å². The van der Waals surface area contributed by atoms with Gasteiger partial charge in [0.05, 0.1) is 16.8 Å². The average Bonchev–Trinajstić information content (AvgIpc) is 3.34. The Balaban J connectivity index is 1.36. The molecule has 9 nitrogen and oxygen atoms in total. The van der Waals surface area contributed by atoms with Crippen LogP contribution in [0.25, 0.3) is 22.0 Å². The molecule has 0 unspecified atom stereocenters. The number of rotatable bonds is 7. The van der Waals surface area contributed by atoms with Crippen molar-refractivity contribution in [2.24, 2.45) is 0 Å². The lowest BCUT2D eigenvalue weighted by Gasteiger charge is -2.23. The zero-order valence-electron chi connectivity index (χ0n) is 22.5. The van der Waals surface area contributed by atoms with Crippen molar-refractivity contribution in [3.8, 4) is 16.9 Å². The van der Waals surface area contributed by atoms with Gasteiger partial charge in [0.2, 0.25) is 5.95 Å². The number of hydrogen-bond donors (Lipinski definition) is 3.